The number of nitrogens with zero attached hydrogens (tertiary/aromatic N) is 5. The molecule has 27 heavy (non-hydrogen) atoms. The Kier molecular flexibility index (Phi) is 4.64. The highest BCUT2D eigenvalue weighted by atomic mass is 16.3. The molecule has 3 aromatic rings. The molecule has 1 aliphatic rings. The first-order valence-electron chi connectivity index (χ1n) is 8.85. The molecule has 1 aromatic carbocycles. The minimum absolute atomic E-state index is 0.0805. The number of carbonyl (C=O) groups is 1. The summed E-state index contributed by atoms with van der Waals surface area (Å²) in [5.41, 5.74) is 1.61. The van der Waals surface area contributed by atoms with Gasteiger partial charge in [0, 0.05) is 50.3 Å². The third kappa shape index (κ3) is 3.56. The molecule has 8 nitrogen and oxygen atoms in total. The third-order valence-corrected chi connectivity index (χ3v) is 4.91. The van der Waals surface area contributed by atoms with Gasteiger partial charge in [-0.05, 0) is 31.3 Å². The van der Waals surface area contributed by atoms with E-state index in [1.54, 1.807) is 12.4 Å². The molecule has 1 aliphatic heterocycles. The number of aromatic nitrogens is 3. The normalized spacial score (nSPS) is 17.9. The Morgan fingerprint density at radius 2 is 1.96 bits per heavy atom. The average Bonchev–Trinajstić information content (AvgIpc) is 3.35. The Hall–Kier alpha value is -3.13. The van der Waals surface area contributed by atoms with E-state index >= 15 is 0 Å². The summed E-state index contributed by atoms with van der Waals surface area (Å²) in [4.78, 5) is 25.4. The zero-order valence-corrected chi connectivity index (χ0v) is 15.4. The molecule has 1 fully saturated rings. The molecular weight excluding hydrogens is 344 g/mol. The van der Waals surface area contributed by atoms with E-state index in [9.17, 15) is 4.79 Å². The van der Waals surface area contributed by atoms with Crippen LogP contribution in [0.1, 0.15) is 11.9 Å². The topological polar surface area (TPSA) is 79.4 Å². The fourth-order valence-electron chi connectivity index (χ4n) is 3.30. The number of likely N-dealkylation sites (N-methyl/N-ethyl adjacent to an activating group) is 1. The zero-order chi connectivity index (χ0) is 18.8. The molecule has 2 amide bonds. The summed E-state index contributed by atoms with van der Waals surface area (Å²) in [6.07, 6.45) is 6.86. The molecule has 8 heteroatoms. The summed E-state index contributed by atoms with van der Waals surface area (Å²) in [6, 6.07) is 7.43. The number of carbonyl (C=O) groups excluding carboxylic acids is 1. The van der Waals surface area contributed by atoms with Crippen molar-refractivity contribution >= 4 is 11.7 Å². The molecule has 0 radical (unpaired) electrons. The number of oxazole rings is 1. The molecule has 0 spiro atoms. The third-order valence-electron chi connectivity index (χ3n) is 4.91. The van der Waals surface area contributed by atoms with Gasteiger partial charge >= 0.3 is 6.03 Å². The van der Waals surface area contributed by atoms with E-state index in [0.29, 0.717) is 19.0 Å². The van der Waals surface area contributed by atoms with Crippen LogP contribution >= 0.6 is 0 Å². The molecule has 140 valence electrons. The molecule has 2 aromatic heterocycles. The van der Waals surface area contributed by atoms with Crippen molar-refractivity contribution < 1.29 is 9.21 Å². The molecule has 1 atom stereocenters. The van der Waals surface area contributed by atoms with Crippen molar-refractivity contribution in [1.82, 2.24) is 24.3 Å². The first kappa shape index (κ1) is 17.3. The monoisotopic (exact) mass is 366 g/mol. The van der Waals surface area contributed by atoms with Crippen LogP contribution < -0.4 is 5.32 Å². The lowest BCUT2D eigenvalue weighted by Crippen LogP contribution is -2.50. The van der Waals surface area contributed by atoms with Crippen molar-refractivity contribution in [2.24, 2.45) is 7.05 Å². The van der Waals surface area contributed by atoms with Crippen LogP contribution in [-0.4, -0.2) is 57.0 Å². The largest absolute Gasteiger partial charge is 0.445 e. The molecule has 0 saturated carbocycles. The van der Waals surface area contributed by atoms with Crippen molar-refractivity contribution in [2.45, 2.75) is 6.04 Å². The molecular formula is C19H22N6O2. The molecule has 4 rings (SSSR count). The number of urea groups is 1. The Labute approximate surface area is 157 Å². The first-order valence-corrected chi connectivity index (χ1v) is 8.85. The van der Waals surface area contributed by atoms with Crippen molar-refractivity contribution in [3.05, 3.63) is 54.9 Å². The summed E-state index contributed by atoms with van der Waals surface area (Å²) >= 11 is 0. The number of imidazole rings is 1. The lowest BCUT2D eigenvalue weighted by molar-refractivity contribution is 0.110. The maximum atomic E-state index is 12.7. The van der Waals surface area contributed by atoms with E-state index in [2.05, 4.69) is 27.2 Å². The van der Waals surface area contributed by atoms with Gasteiger partial charge in [-0.2, -0.15) is 0 Å². The average molecular weight is 366 g/mol. The highest BCUT2D eigenvalue weighted by Gasteiger charge is 2.30. The summed E-state index contributed by atoms with van der Waals surface area (Å²) in [5.74, 6) is 1.52. The summed E-state index contributed by atoms with van der Waals surface area (Å²) < 4.78 is 7.29. The van der Waals surface area contributed by atoms with Crippen molar-refractivity contribution in [3.8, 4) is 11.5 Å². The van der Waals surface area contributed by atoms with Crippen molar-refractivity contribution in [2.75, 3.05) is 32.0 Å². The number of hydrogen-bond donors (Lipinski definition) is 1. The van der Waals surface area contributed by atoms with E-state index in [4.69, 9.17) is 4.42 Å². The highest BCUT2D eigenvalue weighted by molar-refractivity contribution is 5.89. The van der Waals surface area contributed by atoms with E-state index in [-0.39, 0.29) is 12.1 Å². The second kappa shape index (κ2) is 7.24. The molecule has 0 bridgehead atoms. The van der Waals surface area contributed by atoms with Gasteiger partial charge in [0.15, 0.2) is 0 Å². The number of aryl methyl sites for hydroxylation is 1. The minimum Gasteiger partial charge on any atom is -0.445 e. The van der Waals surface area contributed by atoms with Gasteiger partial charge in [-0.1, -0.05) is 0 Å². The molecule has 1 saturated heterocycles. The van der Waals surface area contributed by atoms with Crippen molar-refractivity contribution in [1.29, 1.82) is 0 Å². The van der Waals surface area contributed by atoms with Crippen LogP contribution in [0.5, 0.6) is 0 Å². The number of hydrogen-bond acceptors (Lipinski definition) is 5. The van der Waals surface area contributed by atoms with Crippen molar-refractivity contribution in [3.63, 3.8) is 0 Å². The van der Waals surface area contributed by atoms with Crippen LogP contribution in [0, 0.1) is 0 Å². The van der Waals surface area contributed by atoms with E-state index in [1.807, 2.05) is 47.0 Å². The van der Waals surface area contributed by atoms with Gasteiger partial charge in [0.1, 0.15) is 12.1 Å². The van der Waals surface area contributed by atoms with Gasteiger partial charge in [0.25, 0.3) is 0 Å². The Balaban J connectivity index is 1.43. The van der Waals surface area contributed by atoms with Gasteiger partial charge < -0.3 is 19.2 Å². The predicted octanol–water partition coefficient (Wildman–Crippen LogP) is 2.60. The standard InChI is InChI=1S/C19H22N6O2/c1-23-10-11-25(13-16(23)17-20-7-9-24(17)2)19(26)22-15-5-3-14(4-6-15)18-21-8-12-27-18/h3-9,12,16H,10-11,13H2,1-2H3,(H,22,26). The number of amides is 2. The van der Waals surface area contributed by atoms with Gasteiger partial charge in [0.05, 0.1) is 12.2 Å². The zero-order valence-electron chi connectivity index (χ0n) is 15.4. The molecule has 0 aliphatic carbocycles. The number of nitrogens with one attached hydrogen (secondary N) is 1. The van der Waals surface area contributed by atoms with Crippen LogP contribution in [0.3, 0.4) is 0 Å². The second-order valence-corrected chi connectivity index (χ2v) is 6.68. The SMILES string of the molecule is CN1CCN(C(=O)Nc2ccc(-c3ncco3)cc2)CC1c1nccn1C. The fraction of sp³-hybridized carbons (Fsp3) is 0.316. The smallest absolute Gasteiger partial charge is 0.321 e. The van der Waals surface area contributed by atoms with E-state index in [1.165, 1.54) is 6.26 Å². The molecule has 1 unspecified atom stereocenters. The van der Waals surface area contributed by atoms with Gasteiger partial charge in [-0.15, -0.1) is 0 Å². The van der Waals surface area contributed by atoms with Crippen LogP contribution in [0.15, 0.2) is 53.5 Å². The maximum absolute atomic E-state index is 12.7. The lowest BCUT2D eigenvalue weighted by Gasteiger charge is -2.38. The van der Waals surface area contributed by atoms with Gasteiger partial charge in [0.2, 0.25) is 5.89 Å². The Bertz CT molecular complexity index is 903. The summed E-state index contributed by atoms with van der Waals surface area (Å²) in [5, 5.41) is 2.97. The van der Waals surface area contributed by atoms with Crippen LogP contribution in [-0.2, 0) is 7.05 Å². The fourth-order valence-corrected chi connectivity index (χ4v) is 3.30. The Morgan fingerprint density at radius 3 is 2.63 bits per heavy atom. The maximum Gasteiger partial charge on any atom is 0.321 e. The van der Waals surface area contributed by atoms with E-state index in [0.717, 1.165) is 23.6 Å². The number of rotatable bonds is 3. The second-order valence-electron chi connectivity index (χ2n) is 6.68. The highest BCUT2D eigenvalue weighted by Crippen LogP contribution is 2.24. The number of anilines is 1. The lowest BCUT2D eigenvalue weighted by atomic mass is 10.1. The van der Waals surface area contributed by atoms with Crippen LogP contribution in [0.4, 0.5) is 10.5 Å². The number of benzene rings is 1. The Morgan fingerprint density at radius 1 is 1.15 bits per heavy atom. The predicted molar refractivity (Wildman–Crippen MR) is 101 cm³/mol. The van der Waals surface area contributed by atoms with Gasteiger partial charge in [-0.3, -0.25) is 4.90 Å². The van der Waals surface area contributed by atoms with Gasteiger partial charge in [-0.25, -0.2) is 14.8 Å². The van der Waals surface area contributed by atoms with Crippen LogP contribution in [0.25, 0.3) is 11.5 Å². The van der Waals surface area contributed by atoms with E-state index < -0.39 is 0 Å². The minimum atomic E-state index is -0.105. The molecule has 3 heterocycles. The summed E-state index contributed by atoms with van der Waals surface area (Å²) in [6.45, 7) is 2.08. The quantitative estimate of drug-likeness (QED) is 0.771. The summed E-state index contributed by atoms with van der Waals surface area (Å²) in [7, 11) is 4.04. The number of piperazine rings is 1. The first-order chi connectivity index (χ1) is 13.1. The van der Waals surface area contributed by atoms with Crippen LogP contribution in [0.2, 0.25) is 0 Å². The molecule has 1 N–H and O–H groups in total.